The summed E-state index contributed by atoms with van der Waals surface area (Å²) < 4.78 is 84.4. The highest BCUT2D eigenvalue weighted by atomic mass is 19.4. The number of fused-ring (bicyclic) bond motifs is 1. The van der Waals surface area contributed by atoms with Gasteiger partial charge in [-0.3, -0.25) is 10.1 Å². The molecule has 0 aliphatic carbocycles. The van der Waals surface area contributed by atoms with Gasteiger partial charge in [0.15, 0.2) is 5.52 Å². The summed E-state index contributed by atoms with van der Waals surface area (Å²) in [7, 11) is 0. The van der Waals surface area contributed by atoms with Crippen LogP contribution in [-0.2, 0) is 12.4 Å². The molecular formula is C18H11F6N3O4. The van der Waals surface area contributed by atoms with Gasteiger partial charge in [0.1, 0.15) is 5.75 Å². The average molecular weight is 447 g/mol. The van der Waals surface area contributed by atoms with Crippen molar-refractivity contribution in [1.29, 1.82) is 0 Å². The van der Waals surface area contributed by atoms with Gasteiger partial charge in [0, 0.05) is 6.07 Å². The number of carbonyl (C=O) groups is 1. The van der Waals surface area contributed by atoms with Crippen LogP contribution in [0.25, 0.3) is 11.0 Å². The number of ether oxygens (including phenoxy) is 1. The van der Waals surface area contributed by atoms with Gasteiger partial charge in [-0.15, -0.1) is 0 Å². The summed E-state index contributed by atoms with van der Waals surface area (Å²) in [5, 5.41) is 11.3. The van der Waals surface area contributed by atoms with E-state index in [1.54, 1.807) is 13.0 Å². The predicted molar refractivity (Wildman–Crippen MR) is 93.7 cm³/mol. The normalized spacial score (nSPS) is 12.3. The topological polar surface area (TPSA) is 87.3 Å². The van der Waals surface area contributed by atoms with E-state index >= 15 is 0 Å². The Labute approximate surface area is 169 Å². The van der Waals surface area contributed by atoms with Crippen molar-refractivity contribution >= 4 is 22.8 Å². The van der Waals surface area contributed by atoms with Crippen molar-refractivity contribution in [3.05, 3.63) is 63.0 Å². The first-order valence-corrected chi connectivity index (χ1v) is 8.35. The molecule has 3 rings (SSSR count). The van der Waals surface area contributed by atoms with E-state index in [9.17, 15) is 41.3 Å². The Hall–Kier alpha value is -3.64. The number of nitrogens with zero attached hydrogens (tertiary/aromatic N) is 3. The molecule has 13 heteroatoms. The fourth-order valence-corrected chi connectivity index (χ4v) is 2.91. The van der Waals surface area contributed by atoms with Crippen molar-refractivity contribution in [1.82, 2.24) is 9.55 Å². The SMILES string of the molecule is Cc1ccc(OC(=O)n2c(C(F)(F)F)nc3cc(C(F)(F)F)cc([N+](=O)[O-])c32)c(C)c1. The van der Waals surface area contributed by atoms with Crippen molar-refractivity contribution in [2.45, 2.75) is 26.2 Å². The highest BCUT2D eigenvalue weighted by Gasteiger charge is 2.43. The summed E-state index contributed by atoms with van der Waals surface area (Å²) in [4.78, 5) is 25.6. The van der Waals surface area contributed by atoms with Crippen LogP contribution >= 0.6 is 0 Å². The maximum absolute atomic E-state index is 13.5. The summed E-state index contributed by atoms with van der Waals surface area (Å²) >= 11 is 0. The molecule has 0 amide bonds. The van der Waals surface area contributed by atoms with Crippen molar-refractivity contribution in [3.8, 4) is 5.75 Å². The number of imidazole rings is 1. The number of aryl methyl sites for hydroxylation is 2. The number of rotatable bonds is 2. The molecule has 0 unspecified atom stereocenters. The molecule has 0 aliphatic heterocycles. The Balaban J connectivity index is 2.30. The fraction of sp³-hybridized carbons (Fsp3) is 0.222. The van der Waals surface area contributed by atoms with Gasteiger partial charge in [-0.1, -0.05) is 17.7 Å². The number of aromatic nitrogens is 2. The van der Waals surface area contributed by atoms with E-state index < -0.39 is 51.5 Å². The zero-order chi connectivity index (χ0) is 23.3. The van der Waals surface area contributed by atoms with Crippen LogP contribution < -0.4 is 4.74 Å². The van der Waals surface area contributed by atoms with Crippen LogP contribution in [0, 0.1) is 24.0 Å². The number of carbonyl (C=O) groups excluding carboxylic acids is 1. The zero-order valence-corrected chi connectivity index (χ0v) is 15.6. The number of nitro groups is 1. The molecule has 7 nitrogen and oxygen atoms in total. The Morgan fingerprint density at radius 1 is 1.06 bits per heavy atom. The molecule has 0 aliphatic rings. The molecule has 1 heterocycles. The molecule has 31 heavy (non-hydrogen) atoms. The molecule has 3 aromatic rings. The van der Waals surface area contributed by atoms with Gasteiger partial charge in [-0.25, -0.2) is 14.3 Å². The van der Waals surface area contributed by atoms with Crippen LogP contribution in [0.5, 0.6) is 5.75 Å². The van der Waals surface area contributed by atoms with Crippen molar-refractivity contribution < 1.29 is 40.8 Å². The van der Waals surface area contributed by atoms with Gasteiger partial charge >= 0.3 is 18.4 Å². The van der Waals surface area contributed by atoms with E-state index in [0.717, 1.165) is 5.56 Å². The number of hydrogen-bond donors (Lipinski definition) is 0. The average Bonchev–Trinajstić information content (AvgIpc) is 3.02. The van der Waals surface area contributed by atoms with Gasteiger partial charge in [-0.05, 0) is 31.5 Å². The van der Waals surface area contributed by atoms with Gasteiger partial charge in [0.2, 0.25) is 5.82 Å². The maximum Gasteiger partial charge on any atom is 0.450 e. The second-order valence-corrected chi connectivity index (χ2v) is 6.52. The zero-order valence-electron chi connectivity index (χ0n) is 15.6. The second kappa shape index (κ2) is 7.25. The van der Waals surface area contributed by atoms with E-state index in [2.05, 4.69) is 4.98 Å². The first-order valence-electron chi connectivity index (χ1n) is 8.35. The minimum Gasteiger partial charge on any atom is -0.409 e. The number of hydrogen-bond acceptors (Lipinski definition) is 5. The van der Waals surface area contributed by atoms with Crippen LogP contribution in [0.2, 0.25) is 0 Å². The van der Waals surface area contributed by atoms with Gasteiger partial charge in [-0.2, -0.15) is 26.3 Å². The standard InChI is InChI=1S/C18H11F6N3O4/c1-8-3-4-13(9(2)5-8)31-16(28)26-14-11(25-15(26)18(22,23)24)6-10(17(19,20)21)7-12(14)27(29)30/h3-7H,1-2H3. The molecule has 0 radical (unpaired) electrons. The molecule has 0 N–H and O–H groups in total. The Bertz CT molecular complexity index is 1210. The smallest absolute Gasteiger partial charge is 0.409 e. The largest absolute Gasteiger partial charge is 0.450 e. The quantitative estimate of drug-likeness (QED) is 0.288. The van der Waals surface area contributed by atoms with E-state index in [1.807, 2.05) is 0 Å². The monoisotopic (exact) mass is 447 g/mol. The van der Waals surface area contributed by atoms with Gasteiger partial charge < -0.3 is 4.74 Å². The second-order valence-electron chi connectivity index (χ2n) is 6.52. The van der Waals surface area contributed by atoms with Crippen LogP contribution in [-0.4, -0.2) is 20.6 Å². The summed E-state index contributed by atoms with van der Waals surface area (Å²) in [6.45, 7) is 3.22. The number of nitro benzene ring substituents is 1. The third kappa shape index (κ3) is 4.15. The number of alkyl halides is 6. The maximum atomic E-state index is 13.5. The molecule has 0 fully saturated rings. The lowest BCUT2D eigenvalue weighted by Gasteiger charge is -2.12. The third-order valence-electron chi connectivity index (χ3n) is 4.22. The van der Waals surface area contributed by atoms with Crippen molar-refractivity contribution in [2.24, 2.45) is 0 Å². The first kappa shape index (κ1) is 22.1. The third-order valence-corrected chi connectivity index (χ3v) is 4.22. The molecule has 0 spiro atoms. The Morgan fingerprint density at radius 3 is 2.23 bits per heavy atom. The number of non-ortho nitro benzene ring substituents is 1. The molecular weight excluding hydrogens is 436 g/mol. The van der Waals surface area contributed by atoms with E-state index in [1.165, 1.54) is 19.1 Å². The number of halogens is 6. The number of benzene rings is 2. The lowest BCUT2D eigenvalue weighted by molar-refractivity contribution is -0.383. The van der Waals surface area contributed by atoms with E-state index in [0.29, 0.717) is 5.56 Å². The van der Waals surface area contributed by atoms with E-state index in [4.69, 9.17) is 4.74 Å². The molecule has 1 aromatic heterocycles. The fourth-order valence-electron chi connectivity index (χ4n) is 2.91. The first-order chi connectivity index (χ1) is 14.2. The minimum atomic E-state index is -5.33. The van der Waals surface area contributed by atoms with Crippen LogP contribution in [0.1, 0.15) is 22.5 Å². The molecule has 0 saturated heterocycles. The highest BCUT2D eigenvalue weighted by molar-refractivity contribution is 5.94. The summed E-state index contributed by atoms with van der Waals surface area (Å²) in [5.74, 6) is -2.10. The van der Waals surface area contributed by atoms with Crippen molar-refractivity contribution in [2.75, 3.05) is 0 Å². The molecule has 164 valence electrons. The molecule has 0 saturated carbocycles. The predicted octanol–water partition coefficient (Wildman–Crippen LogP) is 5.65. The van der Waals surface area contributed by atoms with Gasteiger partial charge in [0.25, 0.3) is 5.69 Å². The highest BCUT2D eigenvalue weighted by Crippen LogP contribution is 2.39. The summed E-state index contributed by atoms with van der Waals surface area (Å²) in [5.41, 5.74) is -3.94. The van der Waals surface area contributed by atoms with Crippen LogP contribution in [0.3, 0.4) is 0 Å². The van der Waals surface area contributed by atoms with Crippen LogP contribution in [0.4, 0.5) is 36.8 Å². The molecule has 2 aromatic carbocycles. The van der Waals surface area contributed by atoms with E-state index in [-0.39, 0.29) is 22.4 Å². The molecule has 0 atom stereocenters. The summed E-state index contributed by atoms with van der Waals surface area (Å²) in [6, 6.07) is 4.59. The molecule has 0 bridgehead atoms. The van der Waals surface area contributed by atoms with Crippen LogP contribution in [0.15, 0.2) is 30.3 Å². The summed E-state index contributed by atoms with van der Waals surface area (Å²) in [6.07, 6.45) is -12.1. The lowest BCUT2D eigenvalue weighted by Crippen LogP contribution is -2.24. The minimum absolute atomic E-state index is 0.0328. The Kier molecular flexibility index (Phi) is 5.16. The van der Waals surface area contributed by atoms with Crippen molar-refractivity contribution in [3.63, 3.8) is 0 Å². The lowest BCUT2D eigenvalue weighted by atomic mass is 10.1. The Morgan fingerprint density at radius 2 is 1.71 bits per heavy atom. The van der Waals surface area contributed by atoms with Gasteiger partial charge in [0.05, 0.1) is 16.0 Å².